The van der Waals surface area contributed by atoms with Crippen LogP contribution in [0.15, 0.2) is 35.7 Å². The lowest BCUT2D eigenvalue weighted by atomic mass is 9.89. The maximum absolute atomic E-state index is 11.5. The summed E-state index contributed by atoms with van der Waals surface area (Å²) in [5.74, 6) is -1.42. The van der Waals surface area contributed by atoms with Crippen LogP contribution >= 0.6 is 11.3 Å². The van der Waals surface area contributed by atoms with Crippen molar-refractivity contribution in [2.45, 2.75) is 26.7 Å². The number of hydrogen-bond acceptors (Lipinski definition) is 3. The molecule has 0 aliphatic heterocycles. The number of pyridine rings is 1. The molecule has 0 spiro atoms. The van der Waals surface area contributed by atoms with Gasteiger partial charge in [0.1, 0.15) is 4.83 Å². The third-order valence-corrected chi connectivity index (χ3v) is 4.79. The zero-order chi connectivity index (χ0) is 15.9. The van der Waals surface area contributed by atoms with Crippen molar-refractivity contribution < 1.29 is 9.90 Å². The van der Waals surface area contributed by atoms with E-state index in [0.29, 0.717) is 0 Å². The Morgan fingerprint density at radius 1 is 1.18 bits per heavy atom. The molecule has 3 nitrogen and oxygen atoms in total. The Hall–Kier alpha value is -2.20. The number of hydrogen-bond donors (Lipinski definition) is 1. The lowest BCUT2D eigenvalue weighted by molar-refractivity contribution is -0.138. The number of carbonyl (C=O) groups is 1. The molecule has 1 aromatic carbocycles. The number of aryl methyl sites for hydroxylation is 2. The number of fused-ring (bicyclic) bond motifs is 1. The highest BCUT2D eigenvalue weighted by Crippen LogP contribution is 2.38. The van der Waals surface area contributed by atoms with E-state index >= 15 is 0 Å². The van der Waals surface area contributed by atoms with Crippen LogP contribution in [0, 0.1) is 13.8 Å². The van der Waals surface area contributed by atoms with E-state index in [1.807, 2.05) is 25.3 Å². The van der Waals surface area contributed by atoms with Gasteiger partial charge >= 0.3 is 5.97 Å². The van der Waals surface area contributed by atoms with Crippen LogP contribution in [0.4, 0.5) is 0 Å². The summed E-state index contributed by atoms with van der Waals surface area (Å²) in [6, 6.07) is 10.2. The molecule has 0 amide bonds. The minimum absolute atomic E-state index is 0.590. The molecule has 0 aliphatic carbocycles. The second kappa shape index (κ2) is 5.54. The molecule has 1 unspecified atom stereocenters. The van der Waals surface area contributed by atoms with Crippen LogP contribution in [0.25, 0.3) is 21.3 Å². The van der Waals surface area contributed by atoms with Crippen molar-refractivity contribution in [3.63, 3.8) is 0 Å². The van der Waals surface area contributed by atoms with Gasteiger partial charge in [0.15, 0.2) is 0 Å². The molecule has 0 saturated heterocycles. The fourth-order valence-corrected chi connectivity index (χ4v) is 3.62. The van der Waals surface area contributed by atoms with Crippen molar-refractivity contribution in [2.24, 2.45) is 0 Å². The van der Waals surface area contributed by atoms with Crippen molar-refractivity contribution in [1.29, 1.82) is 0 Å². The summed E-state index contributed by atoms with van der Waals surface area (Å²) in [5, 5.41) is 12.5. The zero-order valence-corrected chi connectivity index (χ0v) is 13.6. The normalized spacial score (nSPS) is 12.5. The van der Waals surface area contributed by atoms with Crippen molar-refractivity contribution >= 4 is 27.5 Å². The van der Waals surface area contributed by atoms with Crippen LogP contribution in [-0.2, 0) is 4.79 Å². The zero-order valence-electron chi connectivity index (χ0n) is 12.8. The first-order valence-electron chi connectivity index (χ1n) is 7.16. The lowest BCUT2D eigenvalue weighted by Gasteiger charge is -2.17. The van der Waals surface area contributed by atoms with Crippen molar-refractivity contribution in [1.82, 2.24) is 4.98 Å². The lowest BCUT2D eigenvalue weighted by Crippen LogP contribution is -2.11. The van der Waals surface area contributed by atoms with E-state index in [4.69, 9.17) is 0 Å². The Bertz CT molecular complexity index is 849. The number of carboxylic acid groups (broad SMARTS) is 1. The van der Waals surface area contributed by atoms with Gasteiger partial charge in [-0.15, -0.1) is 11.3 Å². The van der Waals surface area contributed by atoms with Gasteiger partial charge in [0.05, 0.1) is 5.92 Å². The van der Waals surface area contributed by atoms with E-state index in [9.17, 15) is 9.90 Å². The van der Waals surface area contributed by atoms with Gasteiger partial charge in [-0.25, -0.2) is 4.98 Å². The summed E-state index contributed by atoms with van der Waals surface area (Å²) >= 11 is 1.58. The number of nitrogens with zero attached hydrogens (tertiary/aromatic N) is 1. The Morgan fingerprint density at radius 3 is 2.50 bits per heavy atom. The molecule has 112 valence electrons. The molecule has 3 aromatic rings. The highest BCUT2D eigenvalue weighted by atomic mass is 32.1. The molecule has 0 bridgehead atoms. The van der Waals surface area contributed by atoms with Gasteiger partial charge in [-0.2, -0.15) is 0 Å². The summed E-state index contributed by atoms with van der Waals surface area (Å²) in [6.45, 7) is 5.66. The van der Waals surface area contributed by atoms with Crippen LogP contribution < -0.4 is 0 Å². The largest absolute Gasteiger partial charge is 0.481 e. The Balaban J connectivity index is 2.38. The SMILES string of the molecule is Cc1ccc(-c2c(C(C)C(=O)O)c(C)nc3sccc23)cc1. The maximum atomic E-state index is 11.5. The van der Waals surface area contributed by atoms with Gasteiger partial charge in [-0.05, 0) is 48.9 Å². The topological polar surface area (TPSA) is 50.2 Å². The first-order valence-corrected chi connectivity index (χ1v) is 8.04. The van der Waals surface area contributed by atoms with Crippen molar-refractivity contribution in [3.8, 4) is 11.1 Å². The first-order chi connectivity index (χ1) is 10.5. The first kappa shape index (κ1) is 14.7. The molecule has 1 atom stereocenters. The molecule has 4 heteroatoms. The fourth-order valence-electron chi connectivity index (χ4n) is 2.80. The highest BCUT2D eigenvalue weighted by molar-refractivity contribution is 7.16. The molecule has 0 fully saturated rings. The van der Waals surface area contributed by atoms with Gasteiger partial charge in [-0.1, -0.05) is 29.8 Å². The number of rotatable bonds is 3. The number of aromatic nitrogens is 1. The quantitative estimate of drug-likeness (QED) is 0.758. The number of aliphatic carboxylic acids is 1. The van der Waals surface area contributed by atoms with Crippen LogP contribution in [-0.4, -0.2) is 16.1 Å². The third kappa shape index (κ3) is 2.40. The standard InChI is InChI=1S/C18H17NO2S/c1-10-4-6-13(7-5-10)16-14-8-9-22-17(14)19-12(3)15(16)11(2)18(20)21/h4-9,11H,1-3H3,(H,20,21). The van der Waals surface area contributed by atoms with Crippen LogP contribution in [0.5, 0.6) is 0 Å². The van der Waals surface area contributed by atoms with Crippen LogP contribution in [0.1, 0.15) is 29.7 Å². The van der Waals surface area contributed by atoms with Crippen molar-refractivity contribution in [3.05, 3.63) is 52.5 Å². The highest BCUT2D eigenvalue weighted by Gasteiger charge is 2.24. The molecule has 2 aromatic heterocycles. The maximum Gasteiger partial charge on any atom is 0.310 e. The predicted octanol–water partition coefficient (Wildman–Crippen LogP) is 4.77. The second-order valence-electron chi connectivity index (χ2n) is 5.55. The van der Waals surface area contributed by atoms with Gasteiger partial charge in [0.25, 0.3) is 0 Å². The Labute approximate surface area is 133 Å². The Morgan fingerprint density at radius 2 is 1.86 bits per heavy atom. The van der Waals surface area contributed by atoms with E-state index in [-0.39, 0.29) is 0 Å². The van der Waals surface area contributed by atoms with E-state index in [1.165, 1.54) is 5.56 Å². The number of carboxylic acids is 1. The van der Waals surface area contributed by atoms with E-state index < -0.39 is 11.9 Å². The minimum atomic E-state index is -0.826. The molecule has 2 heterocycles. The fraction of sp³-hybridized carbons (Fsp3) is 0.222. The van der Waals surface area contributed by atoms with E-state index in [2.05, 4.69) is 29.2 Å². The molecule has 22 heavy (non-hydrogen) atoms. The smallest absolute Gasteiger partial charge is 0.310 e. The Kier molecular flexibility index (Phi) is 3.71. The monoisotopic (exact) mass is 311 g/mol. The number of benzene rings is 1. The molecular formula is C18H17NO2S. The summed E-state index contributed by atoms with van der Waals surface area (Å²) < 4.78 is 0. The van der Waals surface area contributed by atoms with Crippen LogP contribution in [0.2, 0.25) is 0 Å². The summed E-state index contributed by atoms with van der Waals surface area (Å²) in [6.07, 6.45) is 0. The average Bonchev–Trinajstić information content (AvgIpc) is 2.93. The predicted molar refractivity (Wildman–Crippen MR) is 90.6 cm³/mol. The molecule has 0 radical (unpaired) electrons. The third-order valence-electron chi connectivity index (χ3n) is 3.99. The number of thiophene rings is 1. The van der Waals surface area contributed by atoms with Gasteiger partial charge in [-0.3, -0.25) is 4.79 Å². The molecule has 0 saturated carbocycles. The molecule has 3 rings (SSSR count). The summed E-state index contributed by atoms with van der Waals surface area (Å²) in [7, 11) is 0. The summed E-state index contributed by atoms with van der Waals surface area (Å²) in [5.41, 5.74) is 4.83. The molecule has 1 N–H and O–H groups in total. The molecular weight excluding hydrogens is 294 g/mol. The van der Waals surface area contributed by atoms with E-state index in [0.717, 1.165) is 32.6 Å². The van der Waals surface area contributed by atoms with Gasteiger partial charge in [0.2, 0.25) is 0 Å². The van der Waals surface area contributed by atoms with E-state index in [1.54, 1.807) is 18.3 Å². The van der Waals surface area contributed by atoms with Gasteiger partial charge in [0, 0.05) is 11.1 Å². The van der Waals surface area contributed by atoms with Crippen LogP contribution in [0.3, 0.4) is 0 Å². The minimum Gasteiger partial charge on any atom is -0.481 e. The second-order valence-corrected chi connectivity index (χ2v) is 6.45. The van der Waals surface area contributed by atoms with Gasteiger partial charge < -0.3 is 5.11 Å². The summed E-state index contributed by atoms with van der Waals surface area (Å²) in [4.78, 5) is 17.1. The van der Waals surface area contributed by atoms with Crippen molar-refractivity contribution in [2.75, 3.05) is 0 Å². The average molecular weight is 311 g/mol. The molecule has 0 aliphatic rings.